The smallest absolute Gasteiger partial charge is 0.310 e. The summed E-state index contributed by atoms with van der Waals surface area (Å²) in [5, 5.41) is 2.63. The quantitative estimate of drug-likeness (QED) is 0.768. The first-order valence-electron chi connectivity index (χ1n) is 6.89. The fourth-order valence-electron chi connectivity index (χ4n) is 2.10. The van der Waals surface area contributed by atoms with Gasteiger partial charge in [-0.3, -0.25) is 14.4 Å². The Morgan fingerprint density at radius 1 is 1.30 bits per heavy atom. The van der Waals surface area contributed by atoms with Crippen LogP contribution in [0.2, 0.25) is 0 Å². The summed E-state index contributed by atoms with van der Waals surface area (Å²) in [6.45, 7) is 6.35. The summed E-state index contributed by atoms with van der Waals surface area (Å²) >= 11 is 0. The molecule has 1 atom stereocenters. The molecule has 1 N–H and O–H groups in total. The minimum atomic E-state index is -0.517. The molecule has 0 aromatic carbocycles. The molecule has 0 bridgehead atoms. The van der Waals surface area contributed by atoms with Gasteiger partial charge in [0, 0.05) is 18.5 Å². The number of rotatable bonds is 3. The average Bonchev–Trinajstić information content (AvgIpc) is 2.42. The molecule has 6 nitrogen and oxygen atoms in total. The molecule has 0 spiro atoms. The Labute approximate surface area is 119 Å². The van der Waals surface area contributed by atoms with Crippen LogP contribution in [0.1, 0.15) is 33.6 Å². The molecule has 1 rings (SSSR count). The molecule has 1 aliphatic rings. The van der Waals surface area contributed by atoms with Crippen molar-refractivity contribution in [3.8, 4) is 0 Å². The monoisotopic (exact) mass is 284 g/mol. The summed E-state index contributed by atoms with van der Waals surface area (Å²) in [6.07, 6.45) is 1.52. The Morgan fingerprint density at radius 2 is 1.95 bits per heavy atom. The summed E-state index contributed by atoms with van der Waals surface area (Å²) in [7, 11) is 1.35. The van der Waals surface area contributed by atoms with E-state index in [-0.39, 0.29) is 30.2 Å². The van der Waals surface area contributed by atoms with Gasteiger partial charge in [-0.15, -0.1) is 0 Å². The van der Waals surface area contributed by atoms with E-state index in [2.05, 4.69) is 5.32 Å². The zero-order chi connectivity index (χ0) is 15.3. The molecule has 1 saturated heterocycles. The summed E-state index contributed by atoms with van der Waals surface area (Å²) in [5.41, 5.74) is -0.517. The van der Waals surface area contributed by atoms with Crippen LogP contribution in [-0.4, -0.2) is 49.4 Å². The first-order chi connectivity index (χ1) is 9.25. The van der Waals surface area contributed by atoms with Gasteiger partial charge in [0.1, 0.15) is 0 Å². The van der Waals surface area contributed by atoms with Gasteiger partial charge in [0.15, 0.2) is 0 Å². The van der Waals surface area contributed by atoms with Gasteiger partial charge in [0.2, 0.25) is 11.8 Å². The second kappa shape index (κ2) is 6.72. The van der Waals surface area contributed by atoms with Crippen molar-refractivity contribution in [2.24, 2.45) is 11.3 Å². The van der Waals surface area contributed by atoms with Crippen LogP contribution in [0.4, 0.5) is 0 Å². The highest BCUT2D eigenvalue weighted by Crippen LogP contribution is 2.18. The third-order valence-corrected chi connectivity index (χ3v) is 3.39. The lowest BCUT2D eigenvalue weighted by molar-refractivity contribution is -0.149. The van der Waals surface area contributed by atoms with Gasteiger partial charge in [-0.05, 0) is 12.8 Å². The van der Waals surface area contributed by atoms with Crippen LogP contribution in [0.25, 0.3) is 0 Å². The summed E-state index contributed by atoms with van der Waals surface area (Å²) < 4.78 is 4.71. The molecule has 0 aromatic rings. The predicted molar refractivity (Wildman–Crippen MR) is 73.8 cm³/mol. The minimum absolute atomic E-state index is 0.0238. The van der Waals surface area contributed by atoms with Gasteiger partial charge in [-0.25, -0.2) is 0 Å². The van der Waals surface area contributed by atoms with Crippen LogP contribution in [0.3, 0.4) is 0 Å². The van der Waals surface area contributed by atoms with Crippen molar-refractivity contribution in [2.45, 2.75) is 33.6 Å². The van der Waals surface area contributed by atoms with Crippen LogP contribution in [-0.2, 0) is 19.1 Å². The van der Waals surface area contributed by atoms with Gasteiger partial charge in [-0.2, -0.15) is 0 Å². The fourth-order valence-corrected chi connectivity index (χ4v) is 2.10. The lowest BCUT2D eigenvalue weighted by atomic mass is 9.95. The zero-order valence-electron chi connectivity index (χ0n) is 12.7. The Kier molecular flexibility index (Phi) is 5.53. The number of hydrogen-bond acceptors (Lipinski definition) is 4. The van der Waals surface area contributed by atoms with Crippen LogP contribution >= 0.6 is 0 Å². The molecule has 1 unspecified atom stereocenters. The van der Waals surface area contributed by atoms with Crippen molar-refractivity contribution in [1.29, 1.82) is 0 Å². The Hall–Kier alpha value is -1.59. The largest absolute Gasteiger partial charge is 0.469 e. The highest BCUT2D eigenvalue weighted by Gasteiger charge is 2.29. The van der Waals surface area contributed by atoms with Gasteiger partial charge in [0.05, 0.1) is 19.6 Å². The molecule has 6 heteroatoms. The lowest BCUT2D eigenvalue weighted by Crippen LogP contribution is -2.48. The van der Waals surface area contributed by atoms with E-state index in [0.717, 1.165) is 12.8 Å². The third-order valence-electron chi connectivity index (χ3n) is 3.39. The molecular formula is C14H24N2O4. The zero-order valence-corrected chi connectivity index (χ0v) is 12.7. The number of nitrogens with one attached hydrogen (secondary N) is 1. The first kappa shape index (κ1) is 16.5. The van der Waals surface area contributed by atoms with Crippen molar-refractivity contribution >= 4 is 17.8 Å². The molecule has 1 heterocycles. The molecule has 0 saturated carbocycles. The molecule has 20 heavy (non-hydrogen) atoms. The van der Waals surface area contributed by atoms with E-state index in [1.807, 2.05) is 0 Å². The number of carbonyl (C=O) groups is 3. The number of likely N-dealkylation sites (tertiary alicyclic amines) is 1. The molecule has 0 aliphatic carbocycles. The van der Waals surface area contributed by atoms with Crippen molar-refractivity contribution < 1.29 is 19.1 Å². The highest BCUT2D eigenvalue weighted by molar-refractivity contribution is 5.87. The highest BCUT2D eigenvalue weighted by atomic mass is 16.5. The van der Waals surface area contributed by atoms with Crippen molar-refractivity contribution in [3.05, 3.63) is 0 Å². The van der Waals surface area contributed by atoms with Crippen molar-refractivity contribution in [3.63, 3.8) is 0 Å². The second-order valence-electron chi connectivity index (χ2n) is 6.13. The number of nitrogens with zero attached hydrogens (tertiary/aromatic N) is 1. The maximum absolute atomic E-state index is 12.0. The van der Waals surface area contributed by atoms with Gasteiger partial charge < -0.3 is 15.0 Å². The average molecular weight is 284 g/mol. The number of esters is 1. The molecular weight excluding hydrogens is 260 g/mol. The number of piperidine rings is 1. The number of ether oxygens (including phenoxy) is 1. The Balaban J connectivity index is 2.47. The summed E-state index contributed by atoms with van der Waals surface area (Å²) in [5.74, 6) is -0.846. The van der Waals surface area contributed by atoms with E-state index in [4.69, 9.17) is 4.74 Å². The number of hydrogen-bond donors (Lipinski definition) is 1. The number of amides is 2. The van der Waals surface area contributed by atoms with Crippen LogP contribution in [0, 0.1) is 11.3 Å². The van der Waals surface area contributed by atoms with E-state index in [9.17, 15) is 14.4 Å². The van der Waals surface area contributed by atoms with Crippen LogP contribution in [0.15, 0.2) is 0 Å². The molecule has 1 fully saturated rings. The van der Waals surface area contributed by atoms with Crippen LogP contribution < -0.4 is 5.32 Å². The maximum atomic E-state index is 12.0. The van der Waals surface area contributed by atoms with E-state index < -0.39 is 5.41 Å². The van der Waals surface area contributed by atoms with Crippen LogP contribution in [0.5, 0.6) is 0 Å². The van der Waals surface area contributed by atoms with Crippen molar-refractivity contribution in [2.75, 3.05) is 26.7 Å². The minimum Gasteiger partial charge on any atom is -0.469 e. The first-order valence-corrected chi connectivity index (χ1v) is 6.89. The fraction of sp³-hybridized carbons (Fsp3) is 0.786. The molecule has 0 radical (unpaired) electrons. The van der Waals surface area contributed by atoms with Gasteiger partial charge >= 0.3 is 5.97 Å². The van der Waals surface area contributed by atoms with E-state index in [0.29, 0.717) is 13.1 Å². The van der Waals surface area contributed by atoms with Gasteiger partial charge in [-0.1, -0.05) is 20.8 Å². The van der Waals surface area contributed by atoms with E-state index >= 15 is 0 Å². The third kappa shape index (κ3) is 4.51. The van der Waals surface area contributed by atoms with Gasteiger partial charge in [0.25, 0.3) is 0 Å². The van der Waals surface area contributed by atoms with Crippen molar-refractivity contribution in [1.82, 2.24) is 10.2 Å². The maximum Gasteiger partial charge on any atom is 0.310 e. The normalized spacial score (nSPS) is 19.4. The lowest BCUT2D eigenvalue weighted by Gasteiger charge is -2.31. The molecule has 2 amide bonds. The SMILES string of the molecule is COC(=O)C1CCCN(C(=O)CNC(=O)C(C)(C)C)C1. The van der Waals surface area contributed by atoms with E-state index in [1.165, 1.54) is 7.11 Å². The second-order valence-corrected chi connectivity index (χ2v) is 6.13. The topological polar surface area (TPSA) is 75.7 Å². The summed E-state index contributed by atoms with van der Waals surface area (Å²) in [4.78, 5) is 36.9. The number of methoxy groups -OCH3 is 1. The summed E-state index contributed by atoms with van der Waals surface area (Å²) in [6, 6.07) is 0. The molecule has 1 aliphatic heterocycles. The van der Waals surface area contributed by atoms with E-state index in [1.54, 1.807) is 25.7 Å². The molecule has 114 valence electrons. The Morgan fingerprint density at radius 3 is 2.50 bits per heavy atom. The predicted octanol–water partition coefficient (Wildman–Crippen LogP) is 0.560. The Bertz CT molecular complexity index is 387. The standard InChI is InChI=1S/C14H24N2O4/c1-14(2,3)13(19)15-8-11(17)16-7-5-6-10(9-16)12(18)20-4/h10H,5-9H2,1-4H3,(H,15,19). The molecule has 0 aromatic heterocycles. The number of carbonyl (C=O) groups excluding carboxylic acids is 3.